The first kappa shape index (κ1) is 11.5. The van der Waals surface area contributed by atoms with Crippen LogP contribution < -0.4 is 0 Å². The van der Waals surface area contributed by atoms with E-state index in [4.69, 9.17) is 0 Å². The van der Waals surface area contributed by atoms with Gasteiger partial charge in [0.1, 0.15) is 0 Å². The Morgan fingerprint density at radius 3 is 2.08 bits per heavy atom. The minimum absolute atomic E-state index is 0.479. The molecule has 0 spiro atoms. The molecule has 1 heteroatoms. The lowest BCUT2D eigenvalue weighted by molar-refractivity contribution is 0.308. The van der Waals surface area contributed by atoms with Crippen LogP contribution in [0.4, 0.5) is 0 Å². The molecule has 1 aliphatic rings. The van der Waals surface area contributed by atoms with Crippen LogP contribution in [-0.2, 0) is 0 Å². The number of hydrogen-bond acceptors (Lipinski definition) is 1. The van der Waals surface area contributed by atoms with Crippen molar-refractivity contribution < 1.29 is 0 Å². The molecule has 0 bridgehead atoms. The van der Waals surface area contributed by atoms with Crippen molar-refractivity contribution in [1.82, 2.24) is 4.90 Å². The van der Waals surface area contributed by atoms with Crippen LogP contribution in [0.15, 0.2) is 0 Å². The summed E-state index contributed by atoms with van der Waals surface area (Å²) >= 11 is 0. The summed E-state index contributed by atoms with van der Waals surface area (Å²) in [6.07, 6.45) is 2.71. The highest BCUT2D eigenvalue weighted by molar-refractivity contribution is 5.04. The molecule has 0 radical (unpaired) electrons. The molecule has 1 rings (SSSR count). The summed E-state index contributed by atoms with van der Waals surface area (Å²) in [4.78, 5) is 2.44. The van der Waals surface area contributed by atoms with Gasteiger partial charge in [-0.3, -0.25) is 4.90 Å². The third-order valence-corrected chi connectivity index (χ3v) is 2.04. The Labute approximate surface area is 77.1 Å². The fourth-order valence-corrected chi connectivity index (χ4v) is 1.43. The molecule has 1 saturated heterocycles. The standard InChI is InChI=1S/C9H15N.C2H6/c1-3-6-9(2)10-7-4-5-8-10;1-2/h9H,4-5,7-8H2,1-2H3;1-2H3. The Bertz CT molecular complexity index is 146. The predicted molar refractivity (Wildman–Crippen MR) is 55.1 cm³/mol. The van der Waals surface area contributed by atoms with Crippen LogP contribution in [0.2, 0.25) is 0 Å². The van der Waals surface area contributed by atoms with Crippen molar-refractivity contribution in [2.45, 2.75) is 46.6 Å². The van der Waals surface area contributed by atoms with Gasteiger partial charge in [0.2, 0.25) is 0 Å². The smallest absolute Gasteiger partial charge is 0.0685 e. The molecule has 12 heavy (non-hydrogen) atoms. The van der Waals surface area contributed by atoms with E-state index in [1.54, 1.807) is 0 Å². The first-order chi connectivity index (χ1) is 5.84. The molecule has 0 aromatic carbocycles. The molecule has 1 aliphatic heterocycles. The van der Waals surface area contributed by atoms with Crippen LogP contribution in [0.3, 0.4) is 0 Å². The monoisotopic (exact) mass is 167 g/mol. The van der Waals surface area contributed by atoms with Gasteiger partial charge in [-0.2, -0.15) is 0 Å². The zero-order valence-electron chi connectivity index (χ0n) is 8.85. The second kappa shape index (κ2) is 7.18. The van der Waals surface area contributed by atoms with Crippen LogP contribution >= 0.6 is 0 Å². The van der Waals surface area contributed by atoms with Crippen LogP contribution in [-0.4, -0.2) is 24.0 Å². The zero-order valence-corrected chi connectivity index (χ0v) is 8.85. The minimum atomic E-state index is 0.479. The van der Waals surface area contributed by atoms with E-state index in [0.29, 0.717) is 6.04 Å². The largest absolute Gasteiger partial charge is 0.290 e. The predicted octanol–water partition coefficient (Wildman–Crippen LogP) is 2.52. The van der Waals surface area contributed by atoms with Crippen LogP contribution in [0.5, 0.6) is 0 Å². The third kappa shape index (κ3) is 3.78. The number of nitrogens with zero attached hydrogens (tertiary/aromatic N) is 1. The van der Waals surface area contributed by atoms with E-state index >= 15 is 0 Å². The lowest BCUT2D eigenvalue weighted by atomic mass is 10.3. The topological polar surface area (TPSA) is 3.24 Å². The van der Waals surface area contributed by atoms with Gasteiger partial charge in [0.05, 0.1) is 6.04 Å². The first-order valence-electron chi connectivity index (χ1n) is 5.01. The van der Waals surface area contributed by atoms with Gasteiger partial charge >= 0.3 is 0 Å². The van der Waals surface area contributed by atoms with Gasteiger partial charge < -0.3 is 0 Å². The summed E-state index contributed by atoms with van der Waals surface area (Å²) in [7, 11) is 0. The Balaban J connectivity index is 0.000000561. The van der Waals surface area contributed by atoms with Gasteiger partial charge in [0.15, 0.2) is 0 Å². The Kier molecular flexibility index (Phi) is 6.90. The van der Waals surface area contributed by atoms with Crippen LogP contribution in [0.25, 0.3) is 0 Å². The lowest BCUT2D eigenvalue weighted by Crippen LogP contribution is -2.28. The molecule has 1 atom stereocenters. The van der Waals surface area contributed by atoms with Crippen molar-refractivity contribution in [2.24, 2.45) is 0 Å². The quantitative estimate of drug-likeness (QED) is 0.542. The van der Waals surface area contributed by atoms with E-state index in [-0.39, 0.29) is 0 Å². The normalized spacial score (nSPS) is 18.7. The maximum absolute atomic E-state index is 3.16. The highest BCUT2D eigenvalue weighted by atomic mass is 15.2. The molecule has 1 heterocycles. The summed E-state index contributed by atoms with van der Waals surface area (Å²) in [5, 5.41) is 0. The van der Waals surface area contributed by atoms with E-state index in [9.17, 15) is 0 Å². The molecular formula is C11H21N. The summed E-state index contributed by atoms with van der Waals surface area (Å²) in [5.74, 6) is 6.12. The highest BCUT2D eigenvalue weighted by Crippen LogP contribution is 2.10. The second-order valence-corrected chi connectivity index (χ2v) is 2.81. The number of likely N-dealkylation sites (tertiary alicyclic amines) is 1. The number of hydrogen-bond donors (Lipinski definition) is 0. The summed E-state index contributed by atoms with van der Waals surface area (Å²) in [5.41, 5.74) is 0. The molecular weight excluding hydrogens is 146 g/mol. The molecule has 1 nitrogen and oxygen atoms in total. The zero-order chi connectivity index (χ0) is 9.40. The van der Waals surface area contributed by atoms with Gasteiger partial charge in [-0.1, -0.05) is 19.8 Å². The van der Waals surface area contributed by atoms with Crippen molar-refractivity contribution in [3.63, 3.8) is 0 Å². The van der Waals surface area contributed by atoms with Crippen LogP contribution in [0, 0.1) is 11.8 Å². The van der Waals surface area contributed by atoms with Crippen molar-refractivity contribution in [1.29, 1.82) is 0 Å². The van der Waals surface area contributed by atoms with Crippen LogP contribution in [0.1, 0.15) is 40.5 Å². The van der Waals surface area contributed by atoms with E-state index in [1.165, 1.54) is 25.9 Å². The SMILES string of the molecule is CC.CC#CC(C)N1CCCC1. The van der Waals surface area contributed by atoms with Crippen molar-refractivity contribution in [3.8, 4) is 11.8 Å². The summed E-state index contributed by atoms with van der Waals surface area (Å²) < 4.78 is 0. The van der Waals surface area contributed by atoms with Crippen molar-refractivity contribution >= 4 is 0 Å². The first-order valence-corrected chi connectivity index (χ1v) is 5.01. The van der Waals surface area contributed by atoms with E-state index in [1.807, 2.05) is 20.8 Å². The van der Waals surface area contributed by atoms with E-state index < -0.39 is 0 Å². The minimum Gasteiger partial charge on any atom is -0.290 e. The van der Waals surface area contributed by atoms with Crippen molar-refractivity contribution in [3.05, 3.63) is 0 Å². The van der Waals surface area contributed by atoms with Gasteiger partial charge in [-0.15, -0.1) is 5.92 Å². The molecule has 0 N–H and O–H groups in total. The summed E-state index contributed by atoms with van der Waals surface area (Å²) in [6, 6.07) is 0.479. The lowest BCUT2D eigenvalue weighted by Gasteiger charge is -2.17. The van der Waals surface area contributed by atoms with Gasteiger partial charge in [0, 0.05) is 0 Å². The Hall–Kier alpha value is -0.480. The molecule has 0 aromatic rings. The fraction of sp³-hybridized carbons (Fsp3) is 0.818. The van der Waals surface area contributed by atoms with Gasteiger partial charge in [0.25, 0.3) is 0 Å². The second-order valence-electron chi connectivity index (χ2n) is 2.81. The molecule has 0 aromatic heterocycles. The molecule has 0 amide bonds. The highest BCUT2D eigenvalue weighted by Gasteiger charge is 2.15. The molecule has 1 unspecified atom stereocenters. The molecule has 70 valence electrons. The van der Waals surface area contributed by atoms with E-state index in [0.717, 1.165) is 0 Å². The fourth-order valence-electron chi connectivity index (χ4n) is 1.43. The Morgan fingerprint density at radius 2 is 1.67 bits per heavy atom. The van der Waals surface area contributed by atoms with Gasteiger partial charge in [-0.25, -0.2) is 0 Å². The number of rotatable bonds is 1. The third-order valence-electron chi connectivity index (χ3n) is 2.04. The maximum atomic E-state index is 3.16. The van der Waals surface area contributed by atoms with Crippen molar-refractivity contribution in [2.75, 3.05) is 13.1 Å². The van der Waals surface area contributed by atoms with Gasteiger partial charge in [-0.05, 0) is 39.8 Å². The summed E-state index contributed by atoms with van der Waals surface area (Å²) in [6.45, 7) is 10.6. The average molecular weight is 167 g/mol. The maximum Gasteiger partial charge on any atom is 0.0685 e. The molecule has 0 saturated carbocycles. The molecule has 1 fully saturated rings. The van der Waals surface area contributed by atoms with E-state index in [2.05, 4.69) is 23.7 Å². The Morgan fingerprint density at radius 1 is 1.17 bits per heavy atom. The molecule has 0 aliphatic carbocycles. The average Bonchev–Trinajstić information content (AvgIpc) is 2.60.